The Hall–Kier alpha value is -1.60. The number of aliphatic hydroxyl groups excluding tert-OH is 1. The summed E-state index contributed by atoms with van der Waals surface area (Å²) in [4.78, 5) is 4.20. The van der Waals surface area contributed by atoms with Crippen LogP contribution in [0.2, 0.25) is 0 Å². The molecule has 0 fully saturated rings. The van der Waals surface area contributed by atoms with Crippen molar-refractivity contribution in [3.05, 3.63) is 42.5 Å². The van der Waals surface area contributed by atoms with E-state index < -0.39 is 0 Å². The number of nitrogens with zero attached hydrogens (tertiary/aromatic N) is 3. The predicted octanol–water partition coefficient (Wildman–Crippen LogP) is -0.591. The second kappa shape index (κ2) is 7.53. The quantitative estimate of drug-likeness (QED) is 0.337. The Balaban J connectivity index is 0.00000208. The van der Waals surface area contributed by atoms with Gasteiger partial charge in [-0.05, 0) is 30.3 Å². The first-order valence-electron chi connectivity index (χ1n) is 7.87. The molecular weight excluding hydrogens is 413 g/mol. The summed E-state index contributed by atoms with van der Waals surface area (Å²) in [5.74, 6) is 0. The molecule has 128 valence electrons. The summed E-state index contributed by atoms with van der Waals surface area (Å²) in [7, 11) is 8.18. The number of benzene rings is 2. The van der Waals surface area contributed by atoms with Gasteiger partial charge < -0.3 is 38.9 Å². The average Bonchev–Trinajstić information content (AvgIpc) is 2.53. The highest BCUT2D eigenvalue weighted by molar-refractivity contribution is 5.91. The maximum absolute atomic E-state index is 9.55. The zero-order valence-corrected chi connectivity index (χ0v) is 16.8. The summed E-state index contributed by atoms with van der Waals surface area (Å²) < 4.78 is 2.21. The van der Waals surface area contributed by atoms with Crippen molar-refractivity contribution in [2.75, 3.05) is 44.6 Å². The second-order valence-corrected chi connectivity index (χ2v) is 6.29. The zero-order chi connectivity index (χ0) is 16.6. The standard InChI is InChI=1S/C19H24N3O.HI/c1-20(2)16-7-5-14-11-15-6-8-17(21(3)4)13-19(15)22(9-10-23)18(14)12-16;/h5-8,11-13,23H,9-10H2,1-4H3;1H/q+1;/p-1. The maximum atomic E-state index is 9.55. The number of fused-ring (bicyclic) bond motifs is 2. The molecule has 0 bridgehead atoms. The first kappa shape index (κ1) is 18.7. The largest absolute Gasteiger partial charge is 1.00 e. The Labute approximate surface area is 160 Å². The first-order chi connectivity index (χ1) is 11.0. The van der Waals surface area contributed by atoms with Crippen LogP contribution in [0.3, 0.4) is 0 Å². The third-order valence-corrected chi connectivity index (χ3v) is 4.28. The van der Waals surface area contributed by atoms with Gasteiger partial charge in [-0.1, -0.05) is 0 Å². The average molecular weight is 437 g/mol. The molecule has 24 heavy (non-hydrogen) atoms. The van der Waals surface area contributed by atoms with Crippen LogP contribution in [-0.4, -0.2) is 39.9 Å². The molecule has 0 aliphatic heterocycles. The van der Waals surface area contributed by atoms with Gasteiger partial charge in [0.2, 0.25) is 11.0 Å². The number of halogens is 1. The number of hydrogen-bond donors (Lipinski definition) is 1. The van der Waals surface area contributed by atoms with Crippen molar-refractivity contribution in [3.8, 4) is 0 Å². The van der Waals surface area contributed by atoms with Gasteiger partial charge in [-0.15, -0.1) is 0 Å². The Bertz CT molecular complexity index is 796. The van der Waals surface area contributed by atoms with Gasteiger partial charge in [0, 0.05) is 62.5 Å². The van der Waals surface area contributed by atoms with Gasteiger partial charge >= 0.3 is 0 Å². The molecule has 4 nitrogen and oxygen atoms in total. The zero-order valence-electron chi connectivity index (χ0n) is 14.6. The van der Waals surface area contributed by atoms with Crippen LogP contribution < -0.4 is 38.3 Å². The summed E-state index contributed by atoms with van der Waals surface area (Å²) in [6.45, 7) is 0.707. The highest BCUT2D eigenvalue weighted by Crippen LogP contribution is 2.25. The molecule has 0 aliphatic rings. The molecule has 0 amide bonds. The molecule has 0 saturated heterocycles. The lowest BCUT2D eigenvalue weighted by Crippen LogP contribution is -3.00. The highest BCUT2D eigenvalue weighted by Gasteiger charge is 2.17. The first-order valence-corrected chi connectivity index (χ1v) is 7.87. The molecule has 3 rings (SSSR count). The third-order valence-electron chi connectivity index (χ3n) is 4.28. The lowest BCUT2D eigenvalue weighted by molar-refractivity contribution is -0.646. The minimum Gasteiger partial charge on any atom is -1.00 e. The van der Waals surface area contributed by atoms with Crippen LogP contribution in [0, 0.1) is 0 Å². The summed E-state index contributed by atoms with van der Waals surface area (Å²) in [5.41, 5.74) is 4.61. The van der Waals surface area contributed by atoms with Crippen molar-refractivity contribution in [1.82, 2.24) is 0 Å². The van der Waals surface area contributed by atoms with E-state index >= 15 is 0 Å². The molecule has 0 unspecified atom stereocenters. The normalized spacial score (nSPS) is 10.7. The van der Waals surface area contributed by atoms with Gasteiger partial charge in [0.25, 0.3) is 0 Å². The molecule has 1 heterocycles. The van der Waals surface area contributed by atoms with Crippen molar-refractivity contribution >= 4 is 33.2 Å². The van der Waals surface area contributed by atoms with Crippen LogP contribution in [0.5, 0.6) is 0 Å². The van der Waals surface area contributed by atoms with Crippen LogP contribution >= 0.6 is 0 Å². The Kier molecular flexibility index (Phi) is 5.87. The molecule has 2 aromatic carbocycles. The molecule has 0 spiro atoms. The van der Waals surface area contributed by atoms with Crippen LogP contribution in [0.25, 0.3) is 21.8 Å². The Morgan fingerprint density at radius 2 is 1.25 bits per heavy atom. The predicted molar refractivity (Wildman–Crippen MR) is 97.4 cm³/mol. The molecule has 1 aromatic heterocycles. The molecule has 0 atom stereocenters. The number of anilines is 2. The number of rotatable bonds is 4. The van der Waals surface area contributed by atoms with E-state index in [1.807, 2.05) is 28.2 Å². The third kappa shape index (κ3) is 3.42. The van der Waals surface area contributed by atoms with Crippen molar-refractivity contribution in [2.45, 2.75) is 6.54 Å². The van der Waals surface area contributed by atoms with E-state index in [-0.39, 0.29) is 30.6 Å². The summed E-state index contributed by atoms with van der Waals surface area (Å²) in [6.07, 6.45) is 0. The SMILES string of the molecule is CN(C)c1ccc2cc3ccc(N(C)C)cc3[n+](CCO)c2c1.[I-]. The monoisotopic (exact) mass is 437 g/mol. The van der Waals surface area contributed by atoms with Crippen LogP contribution in [0.4, 0.5) is 11.4 Å². The van der Waals surface area contributed by atoms with Crippen LogP contribution in [-0.2, 0) is 6.54 Å². The maximum Gasteiger partial charge on any atom is 0.215 e. The molecule has 0 aliphatic carbocycles. The molecule has 0 radical (unpaired) electrons. The molecule has 1 N–H and O–H groups in total. The summed E-state index contributed by atoms with van der Waals surface area (Å²) in [6, 6.07) is 15.2. The number of aromatic nitrogens is 1. The van der Waals surface area contributed by atoms with Gasteiger partial charge in [-0.25, -0.2) is 0 Å². The molecular formula is C19H24IN3O. The summed E-state index contributed by atoms with van der Waals surface area (Å²) >= 11 is 0. The fourth-order valence-electron chi connectivity index (χ4n) is 2.97. The van der Waals surface area contributed by atoms with Gasteiger partial charge in [0.05, 0.1) is 0 Å². The van der Waals surface area contributed by atoms with Gasteiger partial charge in [0.15, 0.2) is 6.54 Å². The van der Waals surface area contributed by atoms with E-state index in [4.69, 9.17) is 0 Å². The molecule has 5 heteroatoms. The van der Waals surface area contributed by atoms with E-state index in [0.717, 1.165) is 22.4 Å². The van der Waals surface area contributed by atoms with Crippen molar-refractivity contribution in [3.63, 3.8) is 0 Å². The van der Waals surface area contributed by atoms with E-state index in [1.54, 1.807) is 0 Å². The Morgan fingerprint density at radius 1 is 0.792 bits per heavy atom. The Morgan fingerprint density at radius 3 is 1.62 bits per heavy atom. The molecule has 3 aromatic rings. The van der Waals surface area contributed by atoms with Gasteiger partial charge in [0.1, 0.15) is 6.61 Å². The lowest BCUT2D eigenvalue weighted by atomic mass is 10.1. The van der Waals surface area contributed by atoms with Crippen molar-refractivity contribution in [2.24, 2.45) is 0 Å². The highest BCUT2D eigenvalue weighted by atomic mass is 127. The molecule has 0 saturated carbocycles. The van der Waals surface area contributed by atoms with E-state index in [9.17, 15) is 5.11 Å². The fourth-order valence-corrected chi connectivity index (χ4v) is 2.97. The minimum absolute atomic E-state index is 0. The van der Waals surface area contributed by atoms with Gasteiger partial charge in [-0.2, -0.15) is 4.57 Å². The van der Waals surface area contributed by atoms with E-state index in [0.29, 0.717) is 6.54 Å². The number of aliphatic hydroxyl groups is 1. The summed E-state index contributed by atoms with van der Waals surface area (Å²) in [5, 5.41) is 11.9. The van der Waals surface area contributed by atoms with Crippen molar-refractivity contribution in [1.29, 1.82) is 0 Å². The lowest BCUT2D eigenvalue weighted by Gasteiger charge is -2.15. The topological polar surface area (TPSA) is 30.6 Å². The smallest absolute Gasteiger partial charge is 0.215 e. The van der Waals surface area contributed by atoms with Crippen LogP contribution in [0.15, 0.2) is 42.5 Å². The van der Waals surface area contributed by atoms with Gasteiger partial charge in [-0.3, -0.25) is 0 Å². The fraction of sp³-hybridized carbons (Fsp3) is 0.316. The van der Waals surface area contributed by atoms with E-state index in [1.165, 1.54) is 10.8 Å². The number of pyridine rings is 1. The van der Waals surface area contributed by atoms with Crippen LogP contribution in [0.1, 0.15) is 0 Å². The number of hydrogen-bond acceptors (Lipinski definition) is 3. The van der Waals surface area contributed by atoms with Crippen molar-refractivity contribution < 1.29 is 33.7 Å². The second-order valence-electron chi connectivity index (χ2n) is 6.29. The minimum atomic E-state index is 0. The van der Waals surface area contributed by atoms with E-state index in [2.05, 4.69) is 56.8 Å².